The van der Waals surface area contributed by atoms with Crippen LogP contribution < -0.4 is 0 Å². The molecule has 0 radical (unpaired) electrons. The molecule has 8 rings (SSSR count). The van der Waals surface area contributed by atoms with Crippen LogP contribution in [0.5, 0.6) is 0 Å². The zero-order chi connectivity index (χ0) is 22.9. The third kappa shape index (κ3) is 5.25. The van der Waals surface area contributed by atoms with Gasteiger partial charge in [0.25, 0.3) is 0 Å². The van der Waals surface area contributed by atoms with E-state index in [4.69, 9.17) is 18.9 Å². The molecule has 13 atom stereocenters. The third-order valence-corrected chi connectivity index (χ3v) is 12.0. The van der Waals surface area contributed by atoms with Gasteiger partial charge in [-0.3, -0.25) is 0 Å². The maximum Gasteiger partial charge on any atom is 0.0844 e. The molecule has 4 aliphatic carbocycles. The Labute approximate surface area is 212 Å². The Morgan fingerprint density at radius 3 is 1.20 bits per heavy atom. The minimum Gasteiger partial charge on any atom is -0.370 e. The average Bonchev–Trinajstić information content (AvgIpc) is 3.71. The van der Waals surface area contributed by atoms with Crippen molar-refractivity contribution < 1.29 is 18.9 Å². The van der Waals surface area contributed by atoms with Crippen molar-refractivity contribution in [3.05, 3.63) is 0 Å². The number of epoxide rings is 4. The highest BCUT2D eigenvalue weighted by molar-refractivity contribution is 4.97. The molecule has 13 unspecified atom stereocenters. The van der Waals surface area contributed by atoms with Crippen LogP contribution >= 0.6 is 0 Å². The lowest BCUT2D eigenvalue weighted by molar-refractivity contribution is 0.140. The Kier molecular flexibility index (Phi) is 6.02. The fourth-order valence-corrected chi connectivity index (χ4v) is 9.61. The number of ether oxygens (including phenoxy) is 4. The van der Waals surface area contributed by atoms with Gasteiger partial charge in [0.05, 0.1) is 48.8 Å². The zero-order valence-corrected chi connectivity index (χ0v) is 21.7. The van der Waals surface area contributed by atoms with E-state index >= 15 is 0 Å². The monoisotopic (exact) mass is 484 g/mol. The second-order valence-corrected chi connectivity index (χ2v) is 14.4. The Balaban J connectivity index is 0.969. The van der Waals surface area contributed by atoms with Crippen LogP contribution in [0.25, 0.3) is 0 Å². The van der Waals surface area contributed by atoms with E-state index < -0.39 is 0 Å². The van der Waals surface area contributed by atoms with Gasteiger partial charge in [0.2, 0.25) is 0 Å². The van der Waals surface area contributed by atoms with Crippen molar-refractivity contribution in [2.45, 2.75) is 158 Å². The topological polar surface area (TPSA) is 50.1 Å². The van der Waals surface area contributed by atoms with E-state index in [1.54, 1.807) is 0 Å². The summed E-state index contributed by atoms with van der Waals surface area (Å²) < 4.78 is 23.8. The van der Waals surface area contributed by atoms with E-state index in [0.717, 1.165) is 35.5 Å². The lowest BCUT2D eigenvalue weighted by atomic mass is 9.68. The average molecular weight is 485 g/mol. The molecule has 0 aromatic rings. The van der Waals surface area contributed by atoms with Gasteiger partial charge in [0.15, 0.2) is 0 Å². The van der Waals surface area contributed by atoms with Gasteiger partial charge in [-0.1, -0.05) is 6.42 Å². The molecule has 4 heteroatoms. The lowest BCUT2D eigenvalue weighted by Crippen LogP contribution is -2.29. The van der Waals surface area contributed by atoms with Crippen LogP contribution in [0.2, 0.25) is 0 Å². The molecule has 8 fully saturated rings. The molecular formula is C31H48O4. The van der Waals surface area contributed by atoms with Gasteiger partial charge in [0.1, 0.15) is 0 Å². The SMILES string of the molecule is C(CC(CC1CCC2OC2C1)C(CC1CCC2OC2C1)CC1CCC2OC2C1)C1CCC2OC2C1. The Morgan fingerprint density at radius 2 is 0.771 bits per heavy atom. The number of rotatable bonds is 10. The van der Waals surface area contributed by atoms with Crippen molar-refractivity contribution in [3.63, 3.8) is 0 Å². The first-order valence-corrected chi connectivity index (χ1v) is 15.9. The number of fused-ring (bicyclic) bond motifs is 4. The summed E-state index contributed by atoms with van der Waals surface area (Å²) in [6.07, 6.45) is 28.9. The molecular weight excluding hydrogens is 436 g/mol. The highest BCUT2D eigenvalue weighted by Gasteiger charge is 2.48. The summed E-state index contributed by atoms with van der Waals surface area (Å²) in [5, 5.41) is 0. The van der Waals surface area contributed by atoms with E-state index in [-0.39, 0.29) is 0 Å². The van der Waals surface area contributed by atoms with Gasteiger partial charge < -0.3 is 18.9 Å². The Hall–Kier alpha value is -0.160. The summed E-state index contributed by atoms with van der Waals surface area (Å²) in [7, 11) is 0. The fourth-order valence-electron chi connectivity index (χ4n) is 9.61. The molecule has 0 bridgehead atoms. The van der Waals surface area contributed by atoms with Crippen LogP contribution in [0, 0.1) is 35.5 Å². The largest absolute Gasteiger partial charge is 0.370 e. The van der Waals surface area contributed by atoms with E-state index in [9.17, 15) is 0 Å². The molecule has 4 saturated carbocycles. The molecule has 35 heavy (non-hydrogen) atoms. The molecule has 8 aliphatic rings. The number of hydrogen-bond donors (Lipinski definition) is 0. The minimum atomic E-state index is 0.624. The fraction of sp³-hybridized carbons (Fsp3) is 1.00. The second-order valence-electron chi connectivity index (χ2n) is 14.4. The van der Waals surface area contributed by atoms with Crippen LogP contribution in [0.15, 0.2) is 0 Å². The van der Waals surface area contributed by atoms with Gasteiger partial charge in [0, 0.05) is 0 Å². The third-order valence-electron chi connectivity index (χ3n) is 12.0. The maximum atomic E-state index is 5.96. The van der Waals surface area contributed by atoms with Crippen LogP contribution in [-0.2, 0) is 18.9 Å². The smallest absolute Gasteiger partial charge is 0.0844 e. The molecule has 4 aliphatic heterocycles. The summed E-state index contributed by atoms with van der Waals surface area (Å²) >= 11 is 0. The molecule has 4 nitrogen and oxygen atoms in total. The molecule has 0 N–H and O–H groups in total. The Bertz CT molecular complexity index is 741. The van der Waals surface area contributed by atoms with Gasteiger partial charge >= 0.3 is 0 Å². The van der Waals surface area contributed by atoms with Crippen molar-refractivity contribution in [2.24, 2.45) is 35.5 Å². The molecule has 4 saturated heterocycles. The first kappa shape index (κ1) is 22.8. The summed E-state index contributed by atoms with van der Waals surface area (Å²) in [5.41, 5.74) is 0. The van der Waals surface area contributed by atoms with Crippen LogP contribution in [0.4, 0.5) is 0 Å². The standard InChI is InChI=1S/C31H48O4/c1(18-2-7-24-28(14-18)32-24)6-22(11-19-3-8-25-29(15-19)33-25)23(12-20-4-9-26-30(16-20)34-26)13-21-5-10-27-31(17-21)35-27/h18-31H,1-17H2. The van der Waals surface area contributed by atoms with Crippen LogP contribution in [0.1, 0.15) is 109 Å². The predicted molar refractivity (Wildman–Crippen MR) is 134 cm³/mol. The van der Waals surface area contributed by atoms with Gasteiger partial charge in [-0.2, -0.15) is 0 Å². The van der Waals surface area contributed by atoms with Crippen molar-refractivity contribution in [3.8, 4) is 0 Å². The normalized spacial score (nSPS) is 52.8. The highest BCUT2D eigenvalue weighted by atomic mass is 16.6. The molecule has 0 spiro atoms. The van der Waals surface area contributed by atoms with Crippen molar-refractivity contribution >= 4 is 0 Å². The lowest BCUT2D eigenvalue weighted by Gasteiger charge is -2.37. The van der Waals surface area contributed by atoms with Gasteiger partial charge in [-0.05, 0) is 138 Å². The first-order valence-electron chi connectivity index (χ1n) is 15.9. The summed E-state index contributed by atoms with van der Waals surface area (Å²) in [6, 6.07) is 0. The van der Waals surface area contributed by atoms with E-state index in [1.807, 2.05) is 0 Å². The molecule has 0 aromatic heterocycles. The molecule has 196 valence electrons. The zero-order valence-electron chi connectivity index (χ0n) is 21.7. The van der Waals surface area contributed by atoms with Crippen molar-refractivity contribution in [1.29, 1.82) is 0 Å². The molecule has 0 amide bonds. The highest BCUT2D eigenvalue weighted by Crippen LogP contribution is 2.50. The van der Waals surface area contributed by atoms with Crippen molar-refractivity contribution in [2.75, 3.05) is 0 Å². The van der Waals surface area contributed by atoms with Crippen LogP contribution in [0.3, 0.4) is 0 Å². The van der Waals surface area contributed by atoms with Gasteiger partial charge in [-0.25, -0.2) is 0 Å². The minimum absolute atomic E-state index is 0.624. The molecule has 4 heterocycles. The van der Waals surface area contributed by atoms with E-state index in [1.165, 1.54) is 109 Å². The van der Waals surface area contributed by atoms with E-state index in [0.29, 0.717) is 48.8 Å². The second kappa shape index (κ2) is 9.24. The summed E-state index contributed by atoms with van der Waals surface area (Å²) in [6.45, 7) is 0. The summed E-state index contributed by atoms with van der Waals surface area (Å²) in [4.78, 5) is 0. The number of hydrogen-bond acceptors (Lipinski definition) is 4. The van der Waals surface area contributed by atoms with Crippen molar-refractivity contribution in [1.82, 2.24) is 0 Å². The quantitative estimate of drug-likeness (QED) is 0.335. The van der Waals surface area contributed by atoms with E-state index in [2.05, 4.69) is 0 Å². The first-order chi connectivity index (χ1) is 17.2. The predicted octanol–water partition coefficient (Wildman–Crippen LogP) is 6.44. The summed E-state index contributed by atoms with van der Waals surface area (Å²) in [5.74, 6) is 5.51. The van der Waals surface area contributed by atoms with Gasteiger partial charge in [-0.15, -0.1) is 0 Å². The maximum absolute atomic E-state index is 5.96. The Morgan fingerprint density at radius 1 is 0.400 bits per heavy atom. The van der Waals surface area contributed by atoms with Crippen LogP contribution in [-0.4, -0.2) is 48.8 Å². The molecule has 0 aromatic carbocycles.